The molecule has 0 heterocycles. The van der Waals surface area contributed by atoms with E-state index in [1.165, 1.54) is 16.7 Å². The largest absolute Gasteiger partial charge is 0.490 e. The molecule has 0 saturated carbocycles. The van der Waals surface area contributed by atoms with E-state index >= 15 is 0 Å². The maximum absolute atomic E-state index is 5.78. The zero-order valence-corrected chi connectivity index (χ0v) is 12.7. The van der Waals surface area contributed by atoms with Crippen molar-refractivity contribution in [3.8, 4) is 11.5 Å². The summed E-state index contributed by atoms with van der Waals surface area (Å²) in [7, 11) is 0. The van der Waals surface area contributed by atoms with Crippen LogP contribution in [-0.4, -0.2) is 13.2 Å². The average Bonchev–Trinajstić information content (AvgIpc) is 2.43. The molecular formula is C18H22O2. The fourth-order valence-electron chi connectivity index (χ4n) is 2.05. The first-order chi connectivity index (χ1) is 9.58. The average molecular weight is 270 g/mol. The van der Waals surface area contributed by atoms with Gasteiger partial charge in [0.1, 0.15) is 24.7 Å². The standard InChI is InChI=1S/C18H22O2/c1-13-8-9-15(3)18(12-13)20-11-10-19-17-7-5-6-14(2)16(17)4/h5-9,12H,10-11H2,1-4H3. The highest BCUT2D eigenvalue weighted by Crippen LogP contribution is 2.21. The van der Waals surface area contributed by atoms with Crippen molar-refractivity contribution in [1.29, 1.82) is 0 Å². The molecule has 2 nitrogen and oxygen atoms in total. The Morgan fingerprint density at radius 2 is 1.45 bits per heavy atom. The summed E-state index contributed by atoms with van der Waals surface area (Å²) in [4.78, 5) is 0. The van der Waals surface area contributed by atoms with Crippen LogP contribution in [-0.2, 0) is 0 Å². The van der Waals surface area contributed by atoms with Gasteiger partial charge in [-0.25, -0.2) is 0 Å². The van der Waals surface area contributed by atoms with E-state index in [4.69, 9.17) is 9.47 Å². The van der Waals surface area contributed by atoms with E-state index < -0.39 is 0 Å². The zero-order valence-electron chi connectivity index (χ0n) is 12.7. The maximum Gasteiger partial charge on any atom is 0.122 e. The molecule has 0 unspecified atom stereocenters. The van der Waals surface area contributed by atoms with E-state index in [0.717, 1.165) is 17.1 Å². The molecule has 2 rings (SSSR count). The molecule has 0 aliphatic rings. The molecule has 0 amide bonds. The van der Waals surface area contributed by atoms with Crippen molar-refractivity contribution < 1.29 is 9.47 Å². The van der Waals surface area contributed by atoms with Crippen molar-refractivity contribution >= 4 is 0 Å². The Morgan fingerprint density at radius 1 is 0.750 bits per heavy atom. The molecule has 2 heteroatoms. The number of benzene rings is 2. The number of hydrogen-bond acceptors (Lipinski definition) is 2. The molecule has 0 N–H and O–H groups in total. The van der Waals surface area contributed by atoms with Crippen molar-refractivity contribution in [2.75, 3.05) is 13.2 Å². The Bertz CT molecular complexity index is 584. The van der Waals surface area contributed by atoms with Crippen molar-refractivity contribution in [2.24, 2.45) is 0 Å². The van der Waals surface area contributed by atoms with E-state index in [1.807, 2.05) is 12.1 Å². The van der Waals surface area contributed by atoms with Crippen LogP contribution in [0.3, 0.4) is 0 Å². The molecule has 106 valence electrons. The molecule has 0 aromatic heterocycles. The first-order valence-electron chi connectivity index (χ1n) is 6.97. The predicted octanol–water partition coefficient (Wildman–Crippen LogP) is 4.38. The molecule has 20 heavy (non-hydrogen) atoms. The first kappa shape index (κ1) is 14.4. The van der Waals surface area contributed by atoms with Crippen LogP contribution < -0.4 is 9.47 Å². The van der Waals surface area contributed by atoms with Crippen LogP contribution >= 0.6 is 0 Å². The Morgan fingerprint density at radius 3 is 2.20 bits per heavy atom. The van der Waals surface area contributed by atoms with Gasteiger partial charge in [0.05, 0.1) is 0 Å². The summed E-state index contributed by atoms with van der Waals surface area (Å²) in [6.45, 7) is 9.40. The van der Waals surface area contributed by atoms with Crippen molar-refractivity contribution in [3.63, 3.8) is 0 Å². The Kier molecular flexibility index (Phi) is 4.67. The molecule has 0 atom stereocenters. The van der Waals surface area contributed by atoms with Crippen LogP contribution in [0.15, 0.2) is 36.4 Å². The van der Waals surface area contributed by atoms with Gasteiger partial charge in [0.2, 0.25) is 0 Å². The second-order valence-corrected chi connectivity index (χ2v) is 5.16. The van der Waals surface area contributed by atoms with Gasteiger partial charge in [-0.05, 0) is 62.1 Å². The van der Waals surface area contributed by atoms with Gasteiger partial charge in [-0.15, -0.1) is 0 Å². The van der Waals surface area contributed by atoms with Crippen molar-refractivity contribution in [3.05, 3.63) is 58.7 Å². The fraction of sp³-hybridized carbons (Fsp3) is 0.333. The van der Waals surface area contributed by atoms with Gasteiger partial charge in [-0.1, -0.05) is 24.3 Å². The second-order valence-electron chi connectivity index (χ2n) is 5.16. The summed E-state index contributed by atoms with van der Waals surface area (Å²) in [6, 6.07) is 12.3. The number of aryl methyl sites for hydroxylation is 3. The molecule has 0 saturated heterocycles. The fourth-order valence-corrected chi connectivity index (χ4v) is 2.05. The minimum Gasteiger partial charge on any atom is -0.490 e. The Labute approximate surface area is 121 Å². The van der Waals surface area contributed by atoms with Crippen LogP contribution in [0.4, 0.5) is 0 Å². The molecule has 2 aromatic carbocycles. The Hall–Kier alpha value is -1.96. The van der Waals surface area contributed by atoms with E-state index in [9.17, 15) is 0 Å². The molecule has 2 aromatic rings. The smallest absolute Gasteiger partial charge is 0.122 e. The predicted molar refractivity (Wildman–Crippen MR) is 82.8 cm³/mol. The summed E-state index contributed by atoms with van der Waals surface area (Å²) >= 11 is 0. The third kappa shape index (κ3) is 3.53. The van der Waals surface area contributed by atoms with Gasteiger partial charge in [0.15, 0.2) is 0 Å². The van der Waals surface area contributed by atoms with E-state index in [0.29, 0.717) is 13.2 Å². The highest BCUT2D eigenvalue weighted by Gasteiger charge is 2.03. The number of rotatable bonds is 5. The van der Waals surface area contributed by atoms with Gasteiger partial charge in [-0.2, -0.15) is 0 Å². The topological polar surface area (TPSA) is 18.5 Å². The zero-order chi connectivity index (χ0) is 14.5. The van der Waals surface area contributed by atoms with E-state index in [2.05, 4.69) is 52.0 Å². The maximum atomic E-state index is 5.78. The van der Waals surface area contributed by atoms with Crippen LogP contribution in [0.1, 0.15) is 22.3 Å². The summed E-state index contributed by atoms with van der Waals surface area (Å²) in [5, 5.41) is 0. The molecule has 0 radical (unpaired) electrons. The SMILES string of the molecule is Cc1ccc(C)c(OCCOc2cccc(C)c2C)c1. The van der Waals surface area contributed by atoms with Crippen LogP contribution in [0.2, 0.25) is 0 Å². The monoisotopic (exact) mass is 270 g/mol. The van der Waals surface area contributed by atoms with Crippen LogP contribution in [0, 0.1) is 27.7 Å². The van der Waals surface area contributed by atoms with Gasteiger partial charge < -0.3 is 9.47 Å². The molecule has 0 aliphatic heterocycles. The lowest BCUT2D eigenvalue weighted by Gasteiger charge is -2.13. The molecular weight excluding hydrogens is 248 g/mol. The summed E-state index contributed by atoms with van der Waals surface area (Å²) in [5.74, 6) is 1.88. The number of hydrogen-bond donors (Lipinski definition) is 0. The highest BCUT2D eigenvalue weighted by atomic mass is 16.5. The first-order valence-corrected chi connectivity index (χ1v) is 6.97. The van der Waals surface area contributed by atoms with Gasteiger partial charge in [-0.3, -0.25) is 0 Å². The second kappa shape index (κ2) is 6.47. The molecule has 0 aliphatic carbocycles. The van der Waals surface area contributed by atoms with Gasteiger partial charge >= 0.3 is 0 Å². The molecule has 0 fully saturated rings. The lowest BCUT2D eigenvalue weighted by Crippen LogP contribution is -2.10. The van der Waals surface area contributed by atoms with Crippen LogP contribution in [0.25, 0.3) is 0 Å². The van der Waals surface area contributed by atoms with Crippen molar-refractivity contribution in [1.82, 2.24) is 0 Å². The lowest BCUT2D eigenvalue weighted by atomic mass is 10.1. The van der Waals surface area contributed by atoms with Gasteiger partial charge in [0, 0.05) is 0 Å². The quantitative estimate of drug-likeness (QED) is 0.751. The normalized spacial score (nSPS) is 10.4. The molecule has 0 spiro atoms. The highest BCUT2D eigenvalue weighted by molar-refractivity contribution is 5.38. The van der Waals surface area contributed by atoms with Crippen LogP contribution in [0.5, 0.6) is 11.5 Å². The number of ether oxygens (including phenoxy) is 2. The molecule has 0 bridgehead atoms. The van der Waals surface area contributed by atoms with Gasteiger partial charge in [0.25, 0.3) is 0 Å². The minimum atomic E-state index is 0.553. The summed E-state index contributed by atoms with van der Waals surface area (Å²) in [6.07, 6.45) is 0. The summed E-state index contributed by atoms with van der Waals surface area (Å²) in [5.41, 5.74) is 4.81. The van der Waals surface area contributed by atoms with Crippen molar-refractivity contribution in [2.45, 2.75) is 27.7 Å². The van der Waals surface area contributed by atoms with E-state index in [1.54, 1.807) is 0 Å². The third-order valence-electron chi connectivity index (χ3n) is 3.50. The summed E-state index contributed by atoms with van der Waals surface area (Å²) < 4.78 is 11.6. The minimum absolute atomic E-state index is 0.553. The Balaban J connectivity index is 1.88. The lowest BCUT2D eigenvalue weighted by molar-refractivity contribution is 0.215. The third-order valence-corrected chi connectivity index (χ3v) is 3.50. The van der Waals surface area contributed by atoms with E-state index in [-0.39, 0.29) is 0 Å².